The van der Waals surface area contributed by atoms with Gasteiger partial charge in [0.2, 0.25) is 0 Å². The van der Waals surface area contributed by atoms with Gasteiger partial charge in [0, 0.05) is 16.9 Å². The third kappa shape index (κ3) is 3.67. The minimum atomic E-state index is -0.486. The van der Waals surface area contributed by atoms with Crippen molar-refractivity contribution in [2.24, 2.45) is 0 Å². The first kappa shape index (κ1) is 13.8. The third-order valence-electron chi connectivity index (χ3n) is 2.45. The Bertz CT molecular complexity index is 673. The monoisotopic (exact) mass is 283 g/mol. The van der Waals surface area contributed by atoms with E-state index in [2.05, 4.69) is 10.3 Å². The third-order valence-corrected chi connectivity index (χ3v) is 2.70. The zero-order valence-corrected chi connectivity index (χ0v) is 11.1. The van der Waals surface area contributed by atoms with Crippen LogP contribution >= 0.6 is 11.6 Å². The smallest absolute Gasteiger partial charge is 0.266 e. The van der Waals surface area contributed by atoms with Gasteiger partial charge >= 0.3 is 0 Å². The van der Waals surface area contributed by atoms with Crippen LogP contribution in [0.15, 0.2) is 54.2 Å². The second-order valence-corrected chi connectivity index (χ2v) is 4.32. The summed E-state index contributed by atoms with van der Waals surface area (Å²) in [4.78, 5) is 16.0. The summed E-state index contributed by atoms with van der Waals surface area (Å²) in [7, 11) is 0. The summed E-state index contributed by atoms with van der Waals surface area (Å²) in [6.45, 7) is 0. The van der Waals surface area contributed by atoms with Crippen molar-refractivity contribution in [2.75, 3.05) is 5.32 Å². The van der Waals surface area contributed by atoms with E-state index in [0.29, 0.717) is 16.4 Å². The van der Waals surface area contributed by atoms with Crippen LogP contribution in [0.5, 0.6) is 0 Å². The fourth-order valence-electron chi connectivity index (χ4n) is 1.49. The first-order valence-corrected chi connectivity index (χ1v) is 6.16. The molecule has 0 aliphatic carbocycles. The van der Waals surface area contributed by atoms with Gasteiger partial charge in [0.15, 0.2) is 0 Å². The summed E-state index contributed by atoms with van der Waals surface area (Å²) >= 11 is 5.76. The van der Waals surface area contributed by atoms with Crippen LogP contribution in [0.4, 0.5) is 5.69 Å². The van der Waals surface area contributed by atoms with Crippen LogP contribution in [0.3, 0.4) is 0 Å². The van der Waals surface area contributed by atoms with Crippen LogP contribution in [0.1, 0.15) is 5.69 Å². The lowest BCUT2D eigenvalue weighted by Gasteiger charge is -2.04. The lowest BCUT2D eigenvalue weighted by atomic mass is 10.2. The van der Waals surface area contributed by atoms with E-state index >= 15 is 0 Å². The van der Waals surface area contributed by atoms with Crippen molar-refractivity contribution < 1.29 is 4.79 Å². The van der Waals surface area contributed by atoms with E-state index in [0.717, 1.165) is 0 Å². The second-order valence-electron chi connectivity index (χ2n) is 3.89. The van der Waals surface area contributed by atoms with Gasteiger partial charge in [-0.15, -0.1) is 0 Å². The standard InChI is InChI=1S/C15H10ClN3O/c16-12-4-6-13(7-5-12)19-15(20)11(10-17)9-14-3-1-2-8-18-14/h1-9H,(H,19,20)/b11-9-. The van der Waals surface area contributed by atoms with Crippen LogP contribution in [0, 0.1) is 11.3 Å². The van der Waals surface area contributed by atoms with Crippen LogP contribution in [0.25, 0.3) is 6.08 Å². The SMILES string of the molecule is N#C/C(=C/c1ccccn1)C(=O)Nc1ccc(Cl)cc1. The molecule has 0 saturated carbocycles. The highest BCUT2D eigenvalue weighted by Gasteiger charge is 2.09. The summed E-state index contributed by atoms with van der Waals surface area (Å²) in [5.41, 5.74) is 1.11. The van der Waals surface area contributed by atoms with E-state index in [1.54, 1.807) is 48.7 Å². The molecule has 1 aromatic heterocycles. The summed E-state index contributed by atoms with van der Waals surface area (Å²) in [6.07, 6.45) is 3.03. The van der Waals surface area contributed by atoms with Crippen molar-refractivity contribution >= 4 is 29.3 Å². The van der Waals surface area contributed by atoms with E-state index in [1.807, 2.05) is 6.07 Å². The summed E-state index contributed by atoms with van der Waals surface area (Å²) in [5.74, 6) is -0.486. The van der Waals surface area contributed by atoms with Crippen molar-refractivity contribution in [3.63, 3.8) is 0 Å². The zero-order chi connectivity index (χ0) is 14.4. The summed E-state index contributed by atoms with van der Waals surface area (Å²) in [5, 5.41) is 12.3. The average molecular weight is 284 g/mol. The molecular weight excluding hydrogens is 274 g/mol. The minimum Gasteiger partial charge on any atom is -0.321 e. The highest BCUT2D eigenvalue weighted by Crippen LogP contribution is 2.14. The molecule has 0 spiro atoms. The fraction of sp³-hybridized carbons (Fsp3) is 0. The van der Waals surface area contributed by atoms with Gasteiger partial charge in [-0.05, 0) is 42.5 Å². The van der Waals surface area contributed by atoms with Crippen molar-refractivity contribution in [1.82, 2.24) is 4.98 Å². The molecule has 0 aliphatic rings. The molecule has 2 rings (SSSR count). The van der Waals surface area contributed by atoms with Crippen LogP contribution in [-0.4, -0.2) is 10.9 Å². The van der Waals surface area contributed by atoms with E-state index in [1.165, 1.54) is 6.08 Å². The Kier molecular flexibility index (Phi) is 4.48. The molecule has 1 N–H and O–H groups in total. The van der Waals surface area contributed by atoms with E-state index < -0.39 is 5.91 Å². The predicted molar refractivity (Wildman–Crippen MR) is 77.9 cm³/mol. The van der Waals surface area contributed by atoms with E-state index in [9.17, 15) is 4.79 Å². The van der Waals surface area contributed by atoms with Crippen molar-refractivity contribution in [1.29, 1.82) is 5.26 Å². The Morgan fingerprint density at radius 3 is 2.60 bits per heavy atom. The lowest BCUT2D eigenvalue weighted by molar-refractivity contribution is -0.112. The molecule has 0 fully saturated rings. The Morgan fingerprint density at radius 2 is 2.00 bits per heavy atom. The highest BCUT2D eigenvalue weighted by molar-refractivity contribution is 6.30. The number of benzene rings is 1. The number of hydrogen-bond donors (Lipinski definition) is 1. The molecule has 0 radical (unpaired) electrons. The topological polar surface area (TPSA) is 65.8 Å². The predicted octanol–water partition coefficient (Wildman–Crippen LogP) is 3.28. The molecule has 20 heavy (non-hydrogen) atoms. The van der Waals surface area contributed by atoms with Crippen molar-refractivity contribution in [2.45, 2.75) is 0 Å². The van der Waals surface area contributed by atoms with Crippen LogP contribution in [0.2, 0.25) is 5.02 Å². The van der Waals surface area contributed by atoms with E-state index in [4.69, 9.17) is 16.9 Å². The molecule has 1 heterocycles. The molecule has 0 saturated heterocycles. The Hall–Kier alpha value is -2.64. The number of aromatic nitrogens is 1. The first-order chi connectivity index (χ1) is 9.69. The van der Waals surface area contributed by atoms with Crippen LogP contribution in [-0.2, 0) is 4.79 Å². The van der Waals surface area contributed by atoms with E-state index in [-0.39, 0.29) is 5.57 Å². The summed E-state index contributed by atoms with van der Waals surface area (Å²) < 4.78 is 0. The van der Waals surface area contributed by atoms with Gasteiger partial charge in [-0.1, -0.05) is 17.7 Å². The molecule has 0 unspecified atom stereocenters. The average Bonchev–Trinajstić information content (AvgIpc) is 2.48. The first-order valence-electron chi connectivity index (χ1n) is 5.79. The minimum absolute atomic E-state index is 0.0151. The van der Waals surface area contributed by atoms with Gasteiger partial charge in [-0.3, -0.25) is 9.78 Å². The lowest BCUT2D eigenvalue weighted by Crippen LogP contribution is -2.13. The Labute approximate surface area is 121 Å². The van der Waals surface area contributed by atoms with Gasteiger partial charge in [-0.25, -0.2) is 0 Å². The number of nitrogens with zero attached hydrogens (tertiary/aromatic N) is 2. The Morgan fingerprint density at radius 1 is 1.25 bits per heavy atom. The molecule has 4 nitrogen and oxygen atoms in total. The van der Waals surface area contributed by atoms with Crippen molar-refractivity contribution in [3.05, 3.63) is 65.0 Å². The van der Waals surface area contributed by atoms with Gasteiger partial charge in [-0.2, -0.15) is 5.26 Å². The number of anilines is 1. The quantitative estimate of drug-likeness (QED) is 0.694. The maximum Gasteiger partial charge on any atom is 0.266 e. The molecule has 2 aromatic rings. The molecule has 98 valence electrons. The van der Waals surface area contributed by atoms with Crippen LogP contribution < -0.4 is 5.32 Å². The molecule has 1 amide bonds. The largest absolute Gasteiger partial charge is 0.321 e. The number of hydrogen-bond acceptors (Lipinski definition) is 3. The van der Waals surface area contributed by atoms with Gasteiger partial charge in [0.1, 0.15) is 11.6 Å². The Balaban J connectivity index is 2.16. The number of nitrogens with one attached hydrogen (secondary N) is 1. The number of carbonyl (C=O) groups is 1. The number of halogens is 1. The maximum absolute atomic E-state index is 12.0. The molecule has 0 aliphatic heterocycles. The number of amides is 1. The molecule has 1 aromatic carbocycles. The van der Waals surface area contributed by atoms with Gasteiger partial charge in [0.25, 0.3) is 5.91 Å². The number of carbonyl (C=O) groups excluding carboxylic acids is 1. The molecule has 0 atom stereocenters. The number of rotatable bonds is 3. The number of pyridine rings is 1. The van der Waals surface area contributed by atoms with Gasteiger partial charge < -0.3 is 5.32 Å². The maximum atomic E-state index is 12.0. The molecule has 0 bridgehead atoms. The normalized spacial score (nSPS) is 10.7. The van der Waals surface area contributed by atoms with Crippen molar-refractivity contribution in [3.8, 4) is 6.07 Å². The second kappa shape index (κ2) is 6.50. The van der Waals surface area contributed by atoms with Gasteiger partial charge in [0.05, 0.1) is 5.69 Å². The molecular formula is C15H10ClN3O. The highest BCUT2D eigenvalue weighted by atomic mass is 35.5. The fourth-order valence-corrected chi connectivity index (χ4v) is 1.62. The molecule has 5 heteroatoms. The zero-order valence-electron chi connectivity index (χ0n) is 10.4. The number of nitriles is 1. The summed E-state index contributed by atoms with van der Waals surface area (Å²) in [6, 6.07) is 13.8.